The van der Waals surface area contributed by atoms with E-state index in [0.29, 0.717) is 58.5 Å². The monoisotopic (exact) mass is 623 g/mol. The molecule has 0 bridgehead atoms. The third kappa shape index (κ3) is 4.29. The minimum atomic E-state index is -4.24. The molecule has 2 aliphatic rings. The van der Waals surface area contributed by atoms with E-state index in [2.05, 4.69) is 19.9 Å². The van der Waals surface area contributed by atoms with Gasteiger partial charge in [0.25, 0.3) is 10.0 Å². The molecule has 6 rings (SSSR count). The van der Waals surface area contributed by atoms with Gasteiger partial charge in [-0.15, -0.1) is 16.4 Å². The van der Waals surface area contributed by atoms with Crippen LogP contribution >= 0.6 is 22.9 Å². The van der Waals surface area contributed by atoms with Crippen LogP contribution in [0.15, 0.2) is 57.1 Å². The van der Waals surface area contributed by atoms with Crippen molar-refractivity contribution in [3.8, 4) is 0 Å². The minimum Gasteiger partial charge on any atom is -0.352 e. The van der Waals surface area contributed by atoms with Crippen LogP contribution in [-0.2, 0) is 19.9 Å². The Hall–Kier alpha value is -2.74. The lowest BCUT2D eigenvalue weighted by molar-refractivity contribution is 0.501. The topological polar surface area (TPSA) is 105 Å². The van der Waals surface area contributed by atoms with E-state index in [1.54, 1.807) is 45.0 Å². The summed E-state index contributed by atoms with van der Waals surface area (Å²) in [5.74, 6) is 0.750. The number of benzene rings is 1. The summed E-state index contributed by atoms with van der Waals surface area (Å²) in [7, 11) is -7.97. The van der Waals surface area contributed by atoms with Gasteiger partial charge in [0.2, 0.25) is 0 Å². The molecule has 212 valence electrons. The highest BCUT2D eigenvalue weighted by Gasteiger charge is 2.53. The van der Waals surface area contributed by atoms with Crippen molar-refractivity contribution in [3.63, 3.8) is 0 Å². The van der Waals surface area contributed by atoms with Crippen molar-refractivity contribution in [2.75, 3.05) is 29.4 Å². The fourth-order valence-corrected chi connectivity index (χ4v) is 10.2. The Kier molecular flexibility index (Phi) is 6.26. The Labute approximate surface area is 241 Å². The molecule has 0 unspecified atom stereocenters. The van der Waals surface area contributed by atoms with Crippen molar-refractivity contribution in [2.45, 2.75) is 52.3 Å². The third-order valence-corrected chi connectivity index (χ3v) is 13.9. The van der Waals surface area contributed by atoms with Crippen molar-refractivity contribution in [1.82, 2.24) is 14.2 Å². The third-order valence-electron chi connectivity index (χ3n) is 7.49. The average molecular weight is 624 g/mol. The van der Waals surface area contributed by atoms with Gasteiger partial charge in [-0.3, -0.25) is 0 Å². The summed E-state index contributed by atoms with van der Waals surface area (Å²) in [6, 6.07) is 10.7. The first-order chi connectivity index (χ1) is 18.7. The number of hydrogen-bond acceptors (Lipinski definition) is 9. The van der Waals surface area contributed by atoms with Crippen LogP contribution in [0.1, 0.15) is 33.6 Å². The molecule has 0 amide bonds. The normalized spacial score (nSPS) is 17.6. The second kappa shape index (κ2) is 9.13. The number of nitrogens with zero attached hydrogens (tertiary/aromatic N) is 5. The van der Waals surface area contributed by atoms with E-state index in [9.17, 15) is 21.2 Å². The lowest BCUT2D eigenvalue weighted by Crippen LogP contribution is -2.55. The highest BCUT2D eigenvalue weighted by molar-refractivity contribution is 7.96. The van der Waals surface area contributed by atoms with Gasteiger partial charge in [-0.1, -0.05) is 17.7 Å². The smallest absolute Gasteiger partial charge is 0.293 e. The predicted molar refractivity (Wildman–Crippen MR) is 154 cm³/mol. The Morgan fingerprint density at radius 3 is 2.38 bits per heavy atom. The van der Waals surface area contributed by atoms with Crippen molar-refractivity contribution in [3.05, 3.63) is 59.5 Å². The van der Waals surface area contributed by atoms with E-state index in [1.807, 2.05) is 0 Å². The zero-order valence-corrected chi connectivity index (χ0v) is 25.2. The summed E-state index contributed by atoms with van der Waals surface area (Å²) < 4.78 is 66.9. The highest BCUT2D eigenvalue weighted by Crippen LogP contribution is 2.49. The maximum absolute atomic E-state index is 13.9. The zero-order valence-electron chi connectivity index (χ0n) is 22.0. The summed E-state index contributed by atoms with van der Waals surface area (Å²) in [6.45, 7) is 6.45. The van der Waals surface area contributed by atoms with Crippen molar-refractivity contribution >= 4 is 65.3 Å². The lowest BCUT2D eigenvalue weighted by atomic mass is 10.1. The van der Waals surface area contributed by atoms with Crippen LogP contribution in [0.25, 0.3) is 10.9 Å². The Bertz CT molecular complexity index is 1840. The molecule has 3 aromatic heterocycles. The molecule has 1 saturated heterocycles. The molecule has 1 saturated carbocycles. The van der Waals surface area contributed by atoms with Gasteiger partial charge in [0.15, 0.2) is 15.7 Å². The van der Waals surface area contributed by atoms with E-state index >= 15 is 0 Å². The second-order valence-corrected chi connectivity index (χ2v) is 17.5. The molecule has 0 radical (unpaired) electrons. The van der Waals surface area contributed by atoms with Crippen LogP contribution in [0.3, 0.4) is 0 Å². The summed E-state index contributed by atoms with van der Waals surface area (Å²) >= 11 is 7.36. The fraction of sp³-hybridized carbons (Fsp3) is 0.385. The number of pyridine rings is 1. The van der Waals surface area contributed by atoms with Crippen molar-refractivity contribution in [2.24, 2.45) is 0 Å². The molecule has 40 heavy (non-hydrogen) atoms. The first-order valence-corrected chi connectivity index (χ1v) is 16.8. The van der Waals surface area contributed by atoms with Gasteiger partial charge in [-0.05, 0) is 70.0 Å². The molecule has 2 fully saturated rings. The molecule has 1 spiro atoms. The second-order valence-electron chi connectivity index (χ2n) is 11.1. The quantitative estimate of drug-likeness (QED) is 0.307. The molecular formula is C26H27ClFN5O4S3. The van der Waals surface area contributed by atoms with Gasteiger partial charge in [-0.25, -0.2) is 17.8 Å². The summed E-state index contributed by atoms with van der Waals surface area (Å²) in [6.07, 6.45) is 2.94. The summed E-state index contributed by atoms with van der Waals surface area (Å²) in [5.41, 5.74) is 0.0230. The maximum atomic E-state index is 13.9. The highest BCUT2D eigenvalue weighted by atomic mass is 35.5. The molecule has 14 heteroatoms. The van der Waals surface area contributed by atoms with Crippen molar-refractivity contribution < 1.29 is 21.2 Å². The van der Waals surface area contributed by atoms with Crippen LogP contribution in [0.5, 0.6) is 0 Å². The molecular weight excluding hydrogens is 597 g/mol. The van der Waals surface area contributed by atoms with Gasteiger partial charge in [-0.2, -0.15) is 12.5 Å². The molecule has 1 aromatic carbocycles. The molecule has 0 N–H and O–H groups in total. The molecule has 1 aliphatic heterocycles. The van der Waals surface area contributed by atoms with Crippen molar-refractivity contribution in [1.29, 1.82) is 0 Å². The fourth-order valence-electron chi connectivity index (χ4n) is 5.06. The van der Waals surface area contributed by atoms with Crippen LogP contribution in [0.2, 0.25) is 5.02 Å². The van der Waals surface area contributed by atoms with E-state index in [-0.39, 0.29) is 14.0 Å². The number of anilines is 2. The molecule has 4 aromatic rings. The standard InChI is InChI=1S/C26H27ClFN5O4S3/c1-25(2,3)39(34,35)21-9-10-22(38-21)40(36,37)33-19-6-4-5-18(27)23(19)24(30-33)32-14-13-31(16-26(32)11-12-26)20-8-7-17(28)15-29-20/h4-10,15H,11-14,16H2,1-3H3. The van der Waals surface area contributed by atoms with Gasteiger partial charge < -0.3 is 9.80 Å². The van der Waals surface area contributed by atoms with Gasteiger partial charge in [0.1, 0.15) is 20.1 Å². The van der Waals surface area contributed by atoms with E-state index in [1.165, 1.54) is 24.4 Å². The number of rotatable bonds is 5. The first-order valence-electron chi connectivity index (χ1n) is 12.7. The zero-order chi connectivity index (χ0) is 28.7. The van der Waals surface area contributed by atoms with Crippen LogP contribution in [0, 0.1) is 5.82 Å². The molecule has 1 aliphatic carbocycles. The predicted octanol–water partition coefficient (Wildman–Crippen LogP) is 4.95. The summed E-state index contributed by atoms with van der Waals surface area (Å²) in [4.78, 5) is 8.45. The number of thiophene rings is 1. The molecule has 0 atom stereocenters. The van der Waals surface area contributed by atoms with Crippen LogP contribution < -0.4 is 9.80 Å². The van der Waals surface area contributed by atoms with Gasteiger partial charge in [0, 0.05) is 19.6 Å². The Balaban J connectivity index is 1.41. The van der Waals surface area contributed by atoms with E-state index in [0.717, 1.165) is 16.9 Å². The molecule has 9 nitrogen and oxygen atoms in total. The number of sulfone groups is 1. The maximum Gasteiger partial charge on any atom is 0.293 e. The largest absolute Gasteiger partial charge is 0.352 e. The SMILES string of the molecule is CC(C)(C)S(=O)(=O)c1ccc(S(=O)(=O)n2nc(N3CCN(c4ccc(F)cn4)CC34CC4)c3c(Cl)cccc32)s1. The van der Waals surface area contributed by atoms with Crippen LogP contribution in [0.4, 0.5) is 16.0 Å². The van der Waals surface area contributed by atoms with Gasteiger partial charge >= 0.3 is 0 Å². The number of piperazine rings is 1. The number of fused-ring (bicyclic) bond motifs is 1. The Morgan fingerprint density at radius 1 is 1.00 bits per heavy atom. The first kappa shape index (κ1) is 27.4. The minimum absolute atomic E-state index is 0.0178. The van der Waals surface area contributed by atoms with Gasteiger partial charge in [0.05, 0.1) is 32.4 Å². The van der Waals surface area contributed by atoms with E-state index in [4.69, 9.17) is 11.6 Å². The number of hydrogen-bond donors (Lipinski definition) is 0. The lowest BCUT2D eigenvalue weighted by Gasteiger charge is -2.43. The number of halogens is 2. The van der Waals surface area contributed by atoms with E-state index < -0.39 is 30.4 Å². The Morgan fingerprint density at radius 2 is 1.73 bits per heavy atom. The molecule has 4 heterocycles. The van der Waals surface area contributed by atoms with Crippen LogP contribution in [-0.4, -0.2) is 60.9 Å². The average Bonchev–Trinajstić information content (AvgIpc) is 3.29. The number of aromatic nitrogens is 3. The summed E-state index contributed by atoms with van der Waals surface area (Å²) in [5, 5.41) is 5.52.